The van der Waals surface area contributed by atoms with E-state index in [1.165, 1.54) is 12.3 Å². The number of halogens is 1. The molecule has 0 radical (unpaired) electrons. The molecule has 1 atom stereocenters. The number of piperidine rings is 1. The highest BCUT2D eigenvalue weighted by molar-refractivity contribution is 5.88. The summed E-state index contributed by atoms with van der Waals surface area (Å²) in [6.45, 7) is 2.39. The number of carboxylic acids is 1. The molecule has 1 aromatic carbocycles. The van der Waals surface area contributed by atoms with Crippen molar-refractivity contribution in [3.8, 4) is 11.3 Å². The number of aromatic nitrogens is 1. The van der Waals surface area contributed by atoms with Crippen LogP contribution in [0.3, 0.4) is 0 Å². The summed E-state index contributed by atoms with van der Waals surface area (Å²) in [6.07, 6.45) is 4.73. The third-order valence-electron chi connectivity index (χ3n) is 4.59. The summed E-state index contributed by atoms with van der Waals surface area (Å²) in [5.41, 5.74) is 1.57. The number of benzene rings is 1. The van der Waals surface area contributed by atoms with Gasteiger partial charge in [0, 0.05) is 30.4 Å². The SMILES string of the molecule is O=C(O)C1CCCN(CCO/N=C/c2cccnc2-c2ccccc2F)C1. The van der Waals surface area contributed by atoms with Crippen LogP contribution >= 0.6 is 0 Å². The molecule has 7 heteroatoms. The molecule has 1 unspecified atom stereocenters. The highest BCUT2D eigenvalue weighted by Crippen LogP contribution is 2.23. The van der Waals surface area contributed by atoms with Gasteiger partial charge in [-0.25, -0.2) is 4.39 Å². The molecule has 2 heterocycles. The van der Waals surface area contributed by atoms with Gasteiger partial charge in [0.2, 0.25) is 0 Å². The third kappa shape index (κ3) is 5.10. The lowest BCUT2D eigenvalue weighted by atomic mass is 9.98. The molecule has 0 saturated carbocycles. The Morgan fingerprint density at radius 2 is 2.22 bits per heavy atom. The molecular formula is C20H22FN3O3. The first-order valence-corrected chi connectivity index (χ1v) is 8.95. The second-order valence-corrected chi connectivity index (χ2v) is 6.47. The van der Waals surface area contributed by atoms with Crippen LogP contribution in [-0.4, -0.2) is 53.4 Å². The molecule has 142 valence electrons. The van der Waals surface area contributed by atoms with Crippen molar-refractivity contribution in [1.29, 1.82) is 0 Å². The second kappa shape index (κ2) is 9.23. The van der Waals surface area contributed by atoms with E-state index in [0.29, 0.717) is 36.5 Å². The molecule has 1 aliphatic rings. The molecule has 1 N–H and O–H groups in total. The number of aliphatic carboxylic acids is 1. The molecule has 6 nitrogen and oxygen atoms in total. The van der Waals surface area contributed by atoms with Crippen LogP contribution in [0.15, 0.2) is 47.8 Å². The Labute approximate surface area is 157 Å². The van der Waals surface area contributed by atoms with Gasteiger partial charge in [-0.1, -0.05) is 17.3 Å². The Balaban J connectivity index is 1.55. The number of likely N-dealkylation sites (tertiary alicyclic amines) is 1. The zero-order valence-electron chi connectivity index (χ0n) is 14.9. The lowest BCUT2D eigenvalue weighted by Crippen LogP contribution is -2.40. The van der Waals surface area contributed by atoms with Crippen molar-refractivity contribution in [2.75, 3.05) is 26.2 Å². The van der Waals surface area contributed by atoms with Gasteiger partial charge in [-0.3, -0.25) is 14.7 Å². The minimum Gasteiger partial charge on any atom is -0.481 e. The van der Waals surface area contributed by atoms with Gasteiger partial charge >= 0.3 is 5.97 Å². The lowest BCUT2D eigenvalue weighted by molar-refractivity contribution is -0.143. The molecule has 1 aromatic heterocycles. The van der Waals surface area contributed by atoms with E-state index in [9.17, 15) is 9.18 Å². The number of carbonyl (C=O) groups is 1. The Morgan fingerprint density at radius 3 is 3.04 bits per heavy atom. The van der Waals surface area contributed by atoms with Gasteiger partial charge in [-0.05, 0) is 43.7 Å². The van der Waals surface area contributed by atoms with Crippen LogP contribution in [0.1, 0.15) is 18.4 Å². The van der Waals surface area contributed by atoms with E-state index in [4.69, 9.17) is 9.94 Å². The van der Waals surface area contributed by atoms with Gasteiger partial charge in [-0.2, -0.15) is 0 Å². The molecule has 0 spiro atoms. The van der Waals surface area contributed by atoms with E-state index < -0.39 is 5.97 Å². The second-order valence-electron chi connectivity index (χ2n) is 6.47. The van der Waals surface area contributed by atoms with Gasteiger partial charge in [0.25, 0.3) is 0 Å². The standard InChI is InChI=1S/C20H22FN3O3/c21-18-8-2-1-7-17(18)19-15(5-3-9-22-19)13-23-27-12-11-24-10-4-6-16(14-24)20(25)26/h1-3,5,7-9,13,16H,4,6,10-12,14H2,(H,25,26)/b23-13+. The first kappa shape index (κ1) is 19.0. The van der Waals surface area contributed by atoms with Crippen molar-refractivity contribution in [2.24, 2.45) is 11.1 Å². The van der Waals surface area contributed by atoms with Crippen molar-refractivity contribution < 1.29 is 19.1 Å². The fourth-order valence-electron chi connectivity index (χ4n) is 3.18. The average Bonchev–Trinajstić information content (AvgIpc) is 2.69. The molecule has 0 aliphatic carbocycles. The normalized spacial score (nSPS) is 17.9. The van der Waals surface area contributed by atoms with Crippen molar-refractivity contribution >= 4 is 12.2 Å². The predicted molar refractivity (Wildman–Crippen MR) is 100.0 cm³/mol. The van der Waals surface area contributed by atoms with E-state index in [-0.39, 0.29) is 11.7 Å². The van der Waals surface area contributed by atoms with E-state index in [0.717, 1.165) is 19.4 Å². The van der Waals surface area contributed by atoms with E-state index in [1.54, 1.807) is 36.5 Å². The summed E-state index contributed by atoms with van der Waals surface area (Å²) in [7, 11) is 0. The van der Waals surface area contributed by atoms with Crippen LogP contribution in [0.2, 0.25) is 0 Å². The number of hydrogen-bond acceptors (Lipinski definition) is 5. The van der Waals surface area contributed by atoms with Crippen LogP contribution < -0.4 is 0 Å². The van der Waals surface area contributed by atoms with Crippen LogP contribution in [0, 0.1) is 11.7 Å². The number of rotatable bonds is 7. The Kier molecular flexibility index (Phi) is 6.49. The topological polar surface area (TPSA) is 75.0 Å². The van der Waals surface area contributed by atoms with Crippen molar-refractivity contribution in [2.45, 2.75) is 12.8 Å². The number of nitrogens with zero attached hydrogens (tertiary/aromatic N) is 3. The maximum absolute atomic E-state index is 14.0. The number of hydrogen-bond donors (Lipinski definition) is 1. The Hall–Kier alpha value is -2.80. The molecular weight excluding hydrogens is 349 g/mol. The first-order valence-electron chi connectivity index (χ1n) is 8.95. The van der Waals surface area contributed by atoms with E-state index >= 15 is 0 Å². The molecule has 0 bridgehead atoms. The van der Waals surface area contributed by atoms with Gasteiger partial charge in [0.1, 0.15) is 12.4 Å². The molecule has 1 saturated heterocycles. The van der Waals surface area contributed by atoms with E-state index in [2.05, 4.69) is 15.0 Å². The summed E-state index contributed by atoms with van der Waals surface area (Å²) in [5.74, 6) is -1.39. The fraction of sp³-hybridized carbons (Fsp3) is 0.350. The average molecular weight is 371 g/mol. The zero-order chi connectivity index (χ0) is 19.1. The quantitative estimate of drug-likeness (QED) is 0.460. The van der Waals surface area contributed by atoms with Crippen molar-refractivity contribution in [1.82, 2.24) is 9.88 Å². The van der Waals surface area contributed by atoms with Gasteiger partial charge < -0.3 is 9.94 Å². The predicted octanol–water partition coefficient (Wildman–Crippen LogP) is 3.03. The maximum atomic E-state index is 14.0. The van der Waals surface area contributed by atoms with Crippen molar-refractivity contribution in [3.63, 3.8) is 0 Å². The van der Waals surface area contributed by atoms with Crippen LogP contribution in [0.4, 0.5) is 4.39 Å². The smallest absolute Gasteiger partial charge is 0.307 e. The van der Waals surface area contributed by atoms with Crippen LogP contribution in [0.25, 0.3) is 11.3 Å². The van der Waals surface area contributed by atoms with E-state index in [1.807, 2.05) is 0 Å². The zero-order valence-corrected chi connectivity index (χ0v) is 14.9. The molecule has 1 aliphatic heterocycles. The van der Waals surface area contributed by atoms with Crippen LogP contribution in [0.5, 0.6) is 0 Å². The summed E-state index contributed by atoms with van der Waals surface area (Å²) in [4.78, 5) is 22.7. The third-order valence-corrected chi connectivity index (χ3v) is 4.59. The summed E-state index contributed by atoms with van der Waals surface area (Å²) in [5, 5.41) is 13.1. The molecule has 2 aromatic rings. The summed E-state index contributed by atoms with van der Waals surface area (Å²) in [6, 6.07) is 10.0. The van der Waals surface area contributed by atoms with Crippen LogP contribution in [-0.2, 0) is 9.63 Å². The summed E-state index contributed by atoms with van der Waals surface area (Å²) >= 11 is 0. The van der Waals surface area contributed by atoms with Gasteiger partial charge in [0.05, 0.1) is 17.8 Å². The van der Waals surface area contributed by atoms with Gasteiger partial charge in [0.15, 0.2) is 0 Å². The largest absolute Gasteiger partial charge is 0.481 e. The Bertz CT molecular complexity index is 813. The molecule has 27 heavy (non-hydrogen) atoms. The maximum Gasteiger partial charge on any atom is 0.307 e. The Morgan fingerprint density at radius 1 is 1.37 bits per heavy atom. The highest BCUT2D eigenvalue weighted by atomic mass is 19.1. The number of carboxylic acid groups (broad SMARTS) is 1. The van der Waals surface area contributed by atoms with Crippen molar-refractivity contribution in [3.05, 3.63) is 54.0 Å². The molecule has 1 fully saturated rings. The minimum absolute atomic E-state index is 0.305. The molecule has 3 rings (SSSR count). The first-order chi connectivity index (χ1) is 13.1. The highest BCUT2D eigenvalue weighted by Gasteiger charge is 2.24. The molecule has 0 amide bonds. The number of oxime groups is 1. The lowest BCUT2D eigenvalue weighted by Gasteiger charge is -2.29. The van der Waals surface area contributed by atoms with Gasteiger partial charge in [-0.15, -0.1) is 0 Å². The number of pyridine rings is 1. The fourth-order valence-corrected chi connectivity index (χ4v) is 3.18. The summed E-state index contributed by atoms with van der Waals surface area (Å²) < 4.78 is 14.0. The monoisotopic (exact) mass is 371 g/mol. The minimum atomic E-state index is -0.740.